The molecule has 2 rings (SSSR count). The highest BCUT2D eigenvalue weighted by Crippen LogP contribution is 2.35. The maximum absolute atomic E-state index is 11.5. The summed E-state index contributed by atoms with van der Waals surface area (Å²) in [6.45, 7) is 2.16. The molecule has 18 heavy (non-hydrogen) atoms. The van der Waals surface area contributed by atoms with Crippen molar-refractivity contribution >= 4 is 40.7 Å². The van der Waals surface area contributed by atoms with E-state index in [4.69, 9.17) is 11.6 Å². The molecule has 0 atom stereocenters. The Kier molecular flexibility index (Phi) is 4.30. The van der Waals surface area contributed by atoms with Crippen molar-refractivity contribution in [1.29, 1.82) is 0 Å². The molecule has 0 radical (unpaired) electrons. The molecule has 1 aliphatic heterocycles. The topological polar surface area (TPSA) is 46.2 Å². The molecule has 0 fully saturated rings. The van der Waals surface area contributed by atoms with Crippen LogP contribution in [0.4, 0.5) is 5.69 Å². The van der Waals surface area contributed by atoms with Gasteiger partial charge < -0.3 is 5.32 Å². The largest absolute Gasteiger partial charge is 0.318 e. The molecule has 5 heteroatoms. The number of fused-ring (bicyclic) bond motifs is 1. The van der Waals surface area contributed by atoms with Crippen molar-refractivity contribution in [3.63, 3.8) is 0 Å². The van der Waals surface area contributed by atoms with Crippen LogP contribution in [0.25, 0.3) is 0 Å². The Morgan fingerprint density at radius 1 is 1.28 bits per heavy atom. The first-order chi connectivity index (χ1) is 8.63. The first-order valence-corrected chi connectivity index (χ1v) is 7.32. The highest BCUT2D eigenvalue weighted by atomic mass is 35.5. The summed E-state index contributed by atoms with van der Waals surface area (Å²) in [5, 5.41) is 3.10. The number of carbonyl (C=O) groups is 2. The van der Waals surface area contributed by atoms with E-state index in [9.17, 15) is 9.59 Å². The molecule has 0 unspecified atom stereocenters. The standard InChI is InChI=1S/C13H14ClNO2S/c1-2-3-4-5-18-11-7-10-8(6-9(11)14)12(16)13(17)15-10/h6-7H,2-5H2,1H3,(H,15,16,17). The van der Waals surface area contributed by atoms with Crippen LogP contribution >= 0.6 is 23.4 Å². The number of amides is 1. The van der Waals surface area contributed by atoms with Crippen LogP contribution in [-0.4, -0.2) is 17.4 Å². The quantitative estimate of drug-likeness (QED) is 0.508. The van der Waals surface area contributed by atoms with Gasteiger partial charge in [0, 0.05) is 4.90 Å². The Balaban J connectivity index is 2.12. The lowest BCUT2D eigenvalue weighted by molar-refractivity contribution is -0.112. The van der Waals surface area contributed by atoms with Gasteiger partial charge in [0.2, 0.25) is 0 Å². The van der Waals surface area contributed by atoms with Crippen LogP contribution in [0.5, 0.6) is 0 Å². The number of ketones is 1. The summed E-state index contributed by atoms with van der Waals surface area (Å²) in [5.41, 5.74) is 0.954. The van der Waals surface area contributed by atoms with Crippen LogP contribution in [0.2, 0.25) is 5.02 Å². The average Bonchev–Trinajstić information content (AvgIpc) is 2.61. The fraction of sp³-hybridized carbons (Fsp3) is 0.385. The third-order valence-electron chi connectivity index (χ3n) is 2.78. The Hall–Kier alpha value is -1.00. The molecule has 0 bridgehead atoms. The van der Waals surface area contributed by atoms with Crippen molar-refractivity contribution in [2.45, 2.75) is 31.1 Å². The molecule has 3 nitrogen and oxygen atoms in total. The minimum atomic E-state index is -0.575. The van der Waals surface area contributed by atoms with Gasteiger partial charge in [-0.05, 0) is 24.3 Å². The van der Waals surface area contributed by atoms with E-state index in [1.54, 1.807) is 23.9 Å². The van der Waals surface area contributed by atoms with Crippen LogP contribution in [-0.2, 0) is 4.79 Å². The van der Waals surface area contributed by atoms with Crippen LogP contribution in [0.1, 0.15) is 36.5 Å². The van der Waals surface area contributed by atoms with E-state index < -0.39 is 11.7 Å². The second-order valence-electron chi connectivity index (χ2n) is 4.17. The second-order valence-corrected chi connectivity index (χ2v) is 5.71. The van der Waals surface area contributed by atoms with E-state index >= 15 is 0 Å². The first kappa shape index (κ1) is 13.4. The van der Waals surface area contributed by atoms with Crippen LogP contribution in [0, 0.1) is 0 Å². The summed E-state index contributed by atoms with van der Waals surface area (Å²) in [7, 11) is 0. The normalized spacial score (nSPS) is 13.7. The number of hydrogen-bond donors (Lipinski definition) is 1. The molecule has 1 aliphatic rings. The number of carbonyl (C=O) groups excluding carboxylic acids is 2. The molecule has 1 aromatic rings. The van der Waals surface area contributed by atoms with Gasteiger partial charge in [-0.1, -0.05) is 31.4 Å². The zero-order valence-corrected chi connectivity index (χ0v) is 11.7. The lowest BCUT2D eigenvalue weighted by Gasteiger charge is -2.06. The van der Waals surface area contributed by atoms with Crippen molar-refractivity contribution in [1.82, 2.24) is 0 Å². The molecule has 1 N–H and O–H groups in total. The number of benzene rings is 1. The molecule has 0 aromatic heterocycles. The van der Waals surface area contributed by atoms with Crippen molar-refractivity contribution in [3.8, 4) is 0 Å². The molecule has 0 spiro atoms. The molecule has 1 heterocycles. The van der Waals surface area contributed by atoms with Crippen LogP contribution < -0.4 is 5.32 Å². The Morgan fingerprint density at radius 2 is 2.06 bits per heavy atom. The van der Waals surface area contributed by atoms with E-state index in [1.807, 2.05) is 0 Å². The van der Waals surface area contributed by atoms with Crippen LogP contribution in [0.3, 0.4) is 0 Å². The van der Waals surface area contributed by atoms with E-state index in [1.165, 1.54) is 12.8 Å². The fourth-order valence-corrected chi connectivity index (χ4v) is 3.08. The van der Waals surface area contributed by atoms with Gasteiger partial charge in [-0.25, -0.2) is 0 Å². The molecule has 96 valence electrons. The monoisotopic (exact) mass is 283 g/mol. The van der Waals surface area contributed by atoms with Gasteiger partial charge in [-0.3, -0.25) is 9.59 Å². The van der Waals surface area contributed by atoms with Crippen molar-refractivity contribution in [2.75, 3.05) is 11.1 Å². The Labute approximate surface area is 115 Å². The maximum atomic E-state index is 11.5. The number of nitrogens with one attached hydrogen (secondary N) is 1. The van der Waals surface area contributed by atoms with Gasteiger partial charge in [0.15, 0.2) is 0 Å². The van der Waals surface area contributed by atoms with Crippen LogP contribution in [0.15, 0.2) is 17.0 Å². The molecule has 1 aromatic carbocycles. The summed E-state index contributed by atoms with van der Waals surface area (Å²) in [4.78, 5) is 23.6. The molecule has 1 amide bonds. The minimum Gasteiger partial charge on any atom is -0.318 e. The molecular formula is C13H14ClNO2S. The summed E-state index contributed by atoms with van der Waals surface area (Å²) >= 11 is 7.78. The molecule has 0 aliphatic carbocycles. The highest BCUT2D eigenvalue weighted by Gasteiger charge is 2.28. The predicted molar refractivity (Wildman–Crippen MR) is 74.7 cm³/mol. The van der Waals surface area contributed by atoms with Gasteiger partial charge in [0.25, 0.3) is 11.7 Å². The minimum absolute atomic E-state index is 0.378. The van der Waals surface area contributed by atoms with Crippen molar-refractivity contribution in [2.24, 2.45) is 0 Å². The number of anilines is 1. The van der Waals surface area contributed by atoms with E-state index in [0.717, 1.165) is 17.1 Å². The number of halogens is 1. The number of rotatable bonds is 5. The predicted octanol–water partition coefficient (Wildman–Crippen LogP) is 3.76. The first-order valence-electron chi connectivity index (χ1n) is 5.95. The zero-order valence-electron chi connectivity index (χ0n) is 10.1. The summed E-state index contributed by atoms with van der Waals surface area (Å²) in [5.74, 6) is -0.0857. The van der Waals surface area contributed by atoms with Crippen molar-refractivity contribution < 1.29 is 9.59 Å². The Bertz CT molecular complexity index is 502. The maximum Gasteiger partial charge on any atom is 0.296 e. The zero-order chi connectivity index (χ0) is 13.1. The second kappa shape index (κ2) is 5.76. The van der Waals surface area contributed by atoms with E-state index in [0.29, 0.717) is 16.3 Å². The molecule has 0 saturated heterocycles. The average molecular weight is 284 g/mol. The number of Topliss-reactive ketones (excluding diaryl/α,β-unsaturated/α-hetero) is 1. The number of unbranched alkanes of at least 4 members (excludes halogenated alkanes) is 2. The fourth-order valence-electron chi connectivity index (χ4n) is 1.79. The van der Waals surface area contributed by atoms with Crippen molar-refractivity contribution in [3.05, 3.63) is 22.7 Å². The van der Waals surface area contributed by atoms with E-state index in [2.05, 4.69) is 12.2 Å². The van der Waals surface area contributed by atoms with E-state index in [-0.39, 0.29) is 0 Å². The Morgan fingerprint density at radius 3 is 2.78 bits per heavy atom. The van der Waals surface area contributed by atoms with Gasteiger partial charge >= 0.3 is 0 Å². The summed E-state index contributed by atoms with van der Waals surface area (Å²) in [6, 6.07) is 3.37. The molecule has 0 saturated carbocycles. The summed E-state index contributed by atoms with van der Waals surface area (Å²) in [6.07, 6.45) is 3.52. The third kappa shape index (κ3) is 2.70. The van der Waals surface area contributed by atoms with Gasteiger partial charge in [0.05, 0.1) is 16.3 Å². The van der Waals surface area contributed by atoms with Gasteiger partial charge in [-0.2, -0.15) is 0 Å². The molecular weight excluding hydrogens is 270 g/mol. The highest BCUT2D eigenvalue weighted by molar-refractivity contribution is 7.99. The lowest BCUT2D eigenvalue weighted by Crippen LogP contribution is -2.12. The number of thioether (sulfide) groups is 1. The SMILES string of the molecule is CCCCCSc1cc2c(cc1Cl)C(=O)C(=O)N2. The smallest absolute Gasteiger partial charge is 0.296 e. The van der Waals surface area contributed by atoms with Gasteiger partial charge in [-0.15, -0.1) is 11.8 Å². The third-order valence-corrected chi connectivity index (χ3v) is 4.34. The number of hydrogen-bond acceptors (Lipinski definition) is 3. The van der Waals surface area contributed by atoms with Gasteiger partial charge in [0.1, 0.15) is 0 Å². The lowest BCUT2D eigenvalue weighted by atomic mass is 10.1. The summed E-state index contributed by atoms with van der Waals surface area (Å²) < 4.78 is 0.